The summed E-state index contributed by atoms with van der Waals surface area (Å²) in [6.07, 6.45) is 0.882. The van der Waals surface area contributed by atoms with E-state index in [9.17, 15) is 4.79 Å². The lowest BCUT2D eigenvalue weighted by Gasteiger charge is -2.08. The summed E-state index contributed by atoms with van der Waals surface area (Å²) in [6.45, 7) is 15.7. The molecule has 6 heteroatoms. The first-order valence-electron chi connectivity index (χ1n) is 12.5. The summed E-state index contributed by atoms with van der Waals surface area (Å²) in [5, 5.41) is 5.81. The average Bonchev–Trinajstić information content (AvgIpc) is 3.68. The number of aromatic nitrogens is 1. The van der Waals surface area contributed by atoms with Gasteiger partial charge < -0.3 is 11.1 Å². The van der Waals surface area contributed by atoms with Gasteiger partial charge in [-0.15, -0.1) is 22.7 Å². The summed E-state index contributed by atoms with van der Waals surface area (Å²) in [5.41, 5.74) is 36.4. The predicted molar refractivity (Wildman–Crippen MR) is 177 cm³/mol. The van der Waals surface area contributed by atoms with Crippen LogP contribution in [0.4, 0.5) is 5.69 Å². The zero-order valence-corrected chi connectivity index (χ0v) is 24.8. The van der Waals surface area contributed by atoms with Crippen molar-refractivity contribution in [1.29, 1.82) is 0 Å². The molecule has 42 heavy (non-hydrogen) atoms. The van der Waals surface area contributed by atoms with Crippen LogP contribution in [0.3, 0.4) is 0 Å². The third kappa shape index (κ3) is 9.83. The molecule has 3 N–H and O–H groups in total. The summed E-state index contributed by atoms with van der Waals surface area (Å²) < 4.78 is 0. The molecule has 3 aromatic heterocycles. The molecular formula is C36H27N3OS2. The minimum Gasteiger partial charge on any atom is -0.397 e. The molecule has 0 aliphatic rings. The number of anilines is 1. The van der Waals surface area contributed by atoms with Crippen molar-refractivity contribution in [3.8, 4) is 21.7 Å². The van der Waals surface area contributed by atoms with E-state index in [0.29, 0.717) is 17.1 Å². The second kappa shape index (κ2) is 18.6. The molecule has 0 fully saturated rings. The number of nitrogens with two attached hydrogens (primary N) is 1. The molecule has 1 amide bonds. The number of hydrogen-bond acceptors (Lipinski definition) is 5. The van der Waals surface area contributed by atoms with Crippen LogP contribution in [-0.2, 0) is 0 Å². The normalized spacial score (nSPS) is 8.31. The van der Waals surface area contributed by atoms with E-state index in [4.69, 9.17) is 10.7 Å². The largest absolute Gasteiger partial charge is 0.397 e. The molecule has 0 unspecified atom stereocenters. The van der Waals surface area contributed by atoms with Crippen molar-refractivity contribution in [2.24, 2.45) is 0 Å². The Morgan fingerprint density at radius 2 is 1.48 bits per heavy atom. The van der Waals surface area contributed by atoms with Crippen LogP contribution in [-0.4, -0.2) is 17.4 Å². The highest BCUT2D eigenvalue weighted by Crippen LogP contribution is 2.41. The summed E-state index contributed by atoms with van der Waals surface area (Å²) >= 11 is 3.01. The summed E-state index contributed by atoms with van der Waals surface area (Å²) in [4.78, 5) is 19.8. The maximum Gasteiger partial charge on any atom is 0.263 e. The third-order valence-corrected chi connectivity index (χ3v) is 6.96. The lowest BCUT2D eigenvalue weighted by molar-refractivity contribution is 0.0958. The smallest absolute Gasteiger partial charge is 0.263 e. The van der Waals surface area contributed by atoms with Crippen LogP contribution >= 0.6 is 22.7 Å². The number of hydrogen-bond donors (Lipinski definition) is 2. The number of benzene rings is 1. The van der Waals surface area contributed by atoms with Crippen molar-refractivity contribution in [2.75, 3.05) is 12.3 Å². The molecule has 0 saturated carbocycles. The van der Waals surface area contributed by atoms with Gasteiger partial charge in [0.05, 0.1) is 16.3 Å². The fourth-order valence-corrected chi connectivity index (χ4v) is 5.00. The zero-order chi connectivity index (χ0) is 30.6. The van der Waals surface area contributed by atoms with E-state index in [1.165, 1.54) is 11.3 Å². The SMILES string of the molecule is C=C=C=C=C=C=C.C=C=C=C=C=C=C=C.CCCNC(=O)c1sc2nc(-c3cccs3)cc(-c3ccccc3)c2c1N. The van der Waals surface area contributed by atoms with Crippen molar-refractivity contribution in [2.45, 2.75) is 13.3 Å². The second-order valence-corrected chi connectivity index (χ2v) is 9.71. The number of carbonyl (C=O) groups excluding carboxylic acids is 1. The van der Waals surface area contributed by atoms with Crippen LogP contribution in [0.5, 0.6) is 0 Å². The number of fused-ring (bicyclic) bond motifs is 1. The number of nitrogen functional groups attached to an aromatic ring is 1. The summed E-state index contributed by atoms with van der Waals surface area (Å²) in [6, 6.07) is 16.2. The fraction of sp³-hybridized carbons (Fsp3) is 0.0833. The molecule has 0 spiro atoms. The minimum absolute atomic E-state index is 0.131. The Morgan fingerprint density at radius 3 is 2.00 bits per heavy atom. The molecule has 0 saturated heterocycles. The quantitative estimate of drug-likeness (QED) is 0.232. The summed E-state index contributed by atoms with van der Waals surface area (Å²) in [7, 11) is 0. The van der Waals surface area contributed by atoms with Gasteiger partial charge >= 0.3 is 0 Å². The molecule has 0 aliphatic carbocycles. The van der Waals surface area contributed by atoms with Gasteiger partial charge in [-0.3, -0.25) is 4.79 Å². The van der Waals surface area contributed by atoms with Gasteiger partial charge in [0.15, 0.2) is 0 Å². The average molecular weight is 582 g/mol. The van der Waals surface area contributed by atoms with E-state index in [-0.39, 0.29) is 5.91 Å². The minimum atomic E-state index is -0.131. The fourth-order valence-electron chi connectivity index (χ4n) is 3.27. The second-order valence-electron chi connectivity index (χ2n) is 7.76. The Balaban J connectivity index is 0.000000341. The first-order valence-corrected chi connectivity index (χ1v) is 14.2. The molecule has 0 aliphatic heterocycles. The zero-order valence-electron chi connectivity index (χ0n) is 23.2. The Hall–Kier alpha value is -5.64. The number of thiophene rings is 2. The number of rotatable bonds is 5. The Kier molecular flexibility index (Phi) is 14.4. The lowest BCUT2D eigenvalue weighted by atomic mass is 10.0. The number of pyridine rings is 1. The van der Waals surface area contributed by atoms with Crippen molar-refractivity contribution in [3.63, 3.8) is 0 Å². The van der Waals surface area contributed by atoms with E-state index in [1.54, 1.807) is 11.3 Å². The van der Waals surface area contributed by atoms with Crippen LogP contribution in [0.25, 0.3) is 31.9 Å². The number of nitrogens with zero attached hydrogens (tertiary/aromatic N) is 1. The van der Waals surface area contributed by atoms with E-state index in [0.717, 1.165) is 38.3 Å². The van der Waals surface area contributed by atoms with E-state index in [2.05, 4.69) is 119 Å². The number of amides is 1. The van der Waals surface area contributed by atoms with Crippen LogP contribution in [0.2, 0.25) is 0 Å². The van der Waals surface area contributed by atoms with Gasteiger partial charge in [0, 0.05) is 11.9 Å². The van der Waals surface area contributed by atoms with Gasteiger partial charge in [0.1, 0.15) is 9.71 Å². The monoisotopic (exact) mass is 581 g/mol. The molecule has 3 heterocycles. The van der Waals surface area contributed by atoms with Gasteiger partial charge in [-0.1, -0.05) is 66.2 Å². The predicted octanol–water partition coefficient (Wildman–Crippen LogP) is 8.72. The third-order valence-electron chi connectivity index (χ3n) is 4.97. The topological polar surface area (TPSA) is 68.0 Å². The first-order chi connectivity index (χ1) is 20.5. The molecule has 1 aromatic carbocycles. The van der Waals surface area contributed by atoms with Gasteiger partial charge in [-0.05, 0) is 101 Å². The molecule has 0 atom stereocenters. The van der Waals surface area contributed by atoms with Gasteiger partial charge in [0.25, 0.3) is 5.91 Å². The van der Waals surface area contributed by atoms with Crippen molar-refractivity contribution in [1.82, 2.24) is 10.3 Å². The standard InChI is InChI=1S/C21H19N3OS2.C8H4.C7H4/c1-2-10-23-20(25)19-18(22)17-14(13-7-4-3-5-8-13)12-15(24-21(17)27-19)16-9-6-11-26-16;1-3-5-7-8-6-4-2;1-3-5-7-6-4-2/h3-9,11-12H,2,10,22H2,1H3,(H,23,25);1-2H2;1-2H2. The number of nitrogens with one attached hydrogen (secondary N) is 1. The molecular weight excluding hydrogens is 555 g/mol. The van der Waals surface area contributed by atoms with Crippen LogP contribution < -0.4 is 11.1 Å². The van der Waals surface area contributed by atoms with E-state index >= 15 is 0 Å². The van der Waals surface area contributed by atoms with Gasteiger partial charge in [-0.2, -0.15) is 0 Å². The molecule has 204 valence electrons. The highest BCUT2D eigenvalue weighted by Gasteiger charge is 2.21. The Bertz CT molecular complexity index is 1900. The first kappa shape index (κ1) is 32.6. The van der Waals surface area contributed by atoms with E-state index in [1.807, 2.05) is 36.6 Å². The molecule has 4 aromatic rings. The van der Waals surface area contributed by atoms with Crippen LogP contribution in [0.15, 0.2) is 143 Å². The van der Waals surface area contributed by atoms with Crippen molar-refractivity contribution < 1.29 is 4.79 Å². The maximum absolute atomic E-state index is 12.5. The van der Waals surface area contributed by atoms with Crippen molar-refractivity contribution in [3.05, 3.63) is 148 Å². The van der Waals surface area contributed by atoms with Crippen LogP contribution in [0.1, 0.15) is 23.0 Å². The molecule has 0 radical (unpaired) electrons. The van der Waals surface area contributed by atoms with Crippen LogP contribution in [0, 0.1) is 0 Å². The molecule has 0 bridgehead atoms. The Morgan fingerprint density at radius 1 is 0.881 bits per heavy atom. The maximum atomic E-state index is 12.5. The molecule has 4 nitrogen and oxygen atoms in total. The highest BCUT2D eigenvalue weighted by molar-refractivity contribution is 7.21. The Labute approximate surface area is 254 Å². The highest BCUT2D eigenvalue weighted by atomic mass is 32.1. The van der Waals surface area contributed by atoms with Crippen molar-refractivity contribution >= 4 is 44.5 Å². The molecule has 4 rings (SSSR count). The summed E-state index contributed by atoms with van der Waals surface area (Å²) in [5.74, 6) is -0.131. The number of carbonyl (C=O) groups is 1. The van der Waals surface area contributed by atoms with E-state index < -0.39 is 0 Å². The van der Waals surface area contributed by atoms with Gasteiger partial charge in [0.2, 0.25) is 0 Å². The lowest BCUT2D eigenvalue weighted by Crippen LogP contribution is -2.23. The van der Waals surface area contributed by atoms with Gasteiger partial charge in [-0.25, -0.2) is 4.98 Å².